The summed E-state index contributed by atoms with van der Waals surface area (Å²) in [6.45, 7) is 2.80. The van der Waals surface area contributed by atoms with Gasteiger partial charge in [-0.3, -0.25) is 9.59 Å². The molecule has 29 heavy (non-hydrogen) atoms. The molecule has 0 aliphatic heterocycles. The van der Waals surface area contributed by atoms with Crippen molar-refractivity contribution in [2.45, 2.75) is 51.5 Å². The molecule has 4 nitrogen and oxygen atoms in total. The van der Waals surface area contributed by atoms with E-state index in [1.807, 2.05) is 48.5 Å². The van der Waals surface area contributed by atoms with Gasteiger partial charge in [0.05, 0.1) is 0 Å². The van der Waals surface area contributed by atoms with Gasteiger partial charge in [-0.05, 0) is 49.1 Å². The molecule has 0 bridgehead atoms. The first-order chi connectivity index (χ1) is 14.1. The fraction of sp³-hybridized carbons (Fsp3) is 0.440. The third-order valence-electron chi connectivity index (χ3n) is 5.86. The van der Waals surface area contributed by atoms with Gasteiger partial charge in [-0.25, -0.2) is 0 Å². The van der Waals surface area contributed by atoms with Gasteiger partial charge in [0, 0.05) is 18.9 Å². The maximum atomic E-state index is 12.9. The van der Waals surface area contributed by atoms with Crippen molar-refractivity contribution in [3.8, 4) is 0 Å². The molecule has 3 rings (SSSR count). The zero-order chi connectivity index (χ0) is 20.5. The average molecular weight is 393 g/mol. The Hall–Kier alpha value is -2.62. The van der Waals surface area contributed by atoms with Gasteiger partial charge in [0.2, 0.25) is 11.8 Å². The van der Waals surface area contributed by atoms with Gasteiger partial charge in [0.1, 0.15) is 6.04 Å². The van der Waals surface area contributed by atoms with E-state index in [1.165, 1.54) is 5.56 Å². The number of rotatable bonds is 8. The molecule has 1 atom stereocenters. The van der Waals surface area contributed by atoms with Crippen molar-refractivity contribution in [2.75, 3.05) is 6.54 Å². The summed E-state index contributed by atoms with van der Waals surface area (Å²) >= 11 is 0. The summed E-state index contributed by atoms with van der Waals surface area (Å²) in [5, 5.41) is 6.06. The van der Waals surface area contributed by atoms with Crippen molar-refractivity contribution < 1.29 is 9.59 Å². The van der Waals surface area contributed by atoms with E-state index in [1.54, 1.807) is 0 Å². The number of carbonyl (C=O) groups excluding carboxylic acids is 2. The van der Waals surface area contributed by atoms with Crippen LogP contribution in [-0.2, 0) is 22.4 Å². The molecule has 154 valence electrons. The minimum Gasteiger partial charge on any atom is -0.354 e. The summed E-state index contributed by atoms with van der Waals surface area (Å²) in [6, 6.07) is 19.4. The molecular weight excluding hydrogens is 360 g/mol. The van der Waals surface area contributed by atoms with E-state index in [4.69, 9.17) is 0 Å². The molecule has 0 spiro atoms. The second-order valence-corrected chi connectivity index (χ2v) is 8.23. The standard InChI is InChI=1S/C25H32N2O2/c1-19-12-14-22(15-13-19)24(28)27-23(18-21-10-6-3-7-11-21)25(29)26-17-16-20-8-4-2-5-9-20/h2-11,19,22-23H,12-18H2,1H3,(H,26,29)(H,27,28). The normalized spacial score (nSPS) is 19.9. The topological polar surface area (TPSA) is 58.2 Å². The van der Waals surface area contributed by atoms with E-state index in [0.717, 1.165) is 37.7 Å². The fourth-order valence-electron chi connectivity index (χ4n) is 3.97. The van der Waals surface area contributed by atoms with Crippen molar-refractivity contribution in [1.82, 2.24) is 10.6 Å². The highest BCUT2D eigenvalue weighted by Gasteiger charge is 2.28. The van der Waals surface area contributed by atoms with E-state index < -0.39 is 6.04 Å². The Morgan fingerprint density at radius 1 is 0.897 bits per heavy atom. The molecule has 2 amide bonds. The third kappa shape index (κ3) is 6.74. The summed E-state index contributed by atoms with van der Waals surface area (Å²) in [6.07, 6.45) is 5.29. The molecule has 0 saturated heterocycles. The number of hydrogen-bond acceptors (Lipinski definition) is 2. The molecule has 1 fully saturated rings. The highest BCUT2D eigenvalue weighted by molar-refractivity contribution is 5.88. The van der Waals surface area contributed by atoms with E-state index in [9.17, 15) is 9.59 Å². The second kappa shape index (κ2) is 10.8. The van der Waals surface area contributed by atoms with Crippen LogP contribution >= 0.6 is 0 Å². The van der Waals surface area contributed by atoms with E-state index >= 15 is 0 Å². The molecule has 1 aliphatic rings. The summed E-state index contributed by atoms with van der Waals surface area (Å²) in [5.41, 5.74) is 2.24. The van der Waals surface area contributed by atoms with Gasteiger partial charge >= 0.3 is 0 Å². The molecule has 0 heterocycles. The van der Waals surface area contributed by atoms with Crippen molar-refractivity contribution in [3.05, 3.63) is 71.8 Å². The Morgan fingerprint density at radius 2 is 1.48 bits per heavy atom. The molecule has 2 N–H and O–H groups in total. The van der Waals surface area contributed by atoms with Crippen LogP contribution in [-0.4, -0.2) is 24.4 Å². The predicted molar refractivity (Wildman–Crippen MR) is 116 cm³/mol. The lowest BCUT2D eigenvalue weighted by Gasteiger charge is -2.27. The second-order valence-electron chi connectivity index (χ2n) is 8.23. The molecule has 0 aromatic heterocycles. The highest BCUT2D eigenvalue weighted by Crippen LogP contribution is 2.28. The zero-order valence-corrected chi connectivity index (χ0v) is 17.3. The van der Waals surface area contributed by atoms with Crippen LogP contribution in [0, 0.1) is 11.8 Å². The SMILES string of the molecule is CC1CCC(C(=O)NC(Cc2ccccc2)C(=O)NCCc2ccccc2)CC1. The van der Waals surface area contributed by atoms with Crippen LogP contribution in [0.4, 0.5) is 0 Å². The van der Waals surface area contributed by atoms with E-state index in [2.05, 4.69) is 29.7 Å². The first-order valence-electron chi connectivity index (χ1n) is 10.8. The van der Waals surface area contributed by atoms with Crippen LogP contribution in [0.3, 0.4) is 0 Å². The van der Waals surface area contributed by atoms with Gasteiger partial charge in [0.25, 0.3) is 0 Å². The van der Waals surface area contributed by atoms with Crippen LogP contribution < -0.4 is 10.6 Å². The third-order valence-corrected chi connectivity index (χ3v) is 5.86. The van der Waals surface area contributed by atoms with Gasteiger partial charge in [-0.15, -0.1) is 0 Å². The molecule has 2 aromatic rings. The van der Waals surface area contributed by atoms with Crippen LogP contribution in [0.25, 0.3) is 0 Å². The summed E-state index contributed by atoms with van der Waals surface area (Å²) in [4.78, 5) is 25.7. The maximum absolute atomic E-state index is 12.9. The summed E-state index contributed by atoms with van der Waals surface area (Å²) < 4.78 is 0. The lowest BCUT2D eigenvalue weighted by Crippen LogP contribution is -2.50. The Labute approximate surface area is 174 Å². The van der Waals surface area contributed by atoms with Crippen molar-refractivity contribution in [3.63, 3.8) is 0 Å². The maximum Gasteiger partial charge on any atom is 0.242 e. The largest absolute Gasteiger partial charge is 0.354 e. The number of nitrogens with one attached hydrogen (secondary N) is 2. The van der Waals surface area contributed by atoms with Crippen LogP contribution in [0.1, 0.15) is 43.7 Å². The molecule has 0 radical (unpaired) electrons. The van der Waals surface area contributed by atoms with Gasteiger partial charge < -0.3 is 10.6 Å². The molecule has 1 saturated carbocycles. The van der Waals surface area contributed by atoms with Crippen molar-refractivity contribution in [2.24, 2.45) is 11.8 Å². The highest BCUT2D eigenvalue weighted by atomic mass is 16.2. The van der Waals surface area contributed by atoms with E-state index in [0.29, 0.717) is 18.9 Å². The minimum atomic E-state index is -0.542. The first kappa shape index (κ1) is 21.1. The molecule has 4 heteroatoms. The monoisotopic (exact) mass is 392 g/mol. The van der Waals surface area contributed by atoms with Gasteiger partial charge in [-0.1, -0.05) is 67.6 Å². The van der Waals surface area contributed by atoms with Gasteiger partial charge in [-0.2, -0.15) is 0 Å². The van der Waals surface area contributed by atoms with Crippen LogP contribution in [0.2, 0.25) is 0 Å². The zero-order valence-electron chi connectivity index (χ0n) is 17.3. The van der Waals surface area contributed by atoms with Crippen LogP contribution in [0.5, 0.6) is 0 Å². The minimum absolute atomic E-state index is 0.0241. The summed E-state index contributed by atoms with van der Waals surface area (Å²) in [5.74, 6) is 0.639. The van der Waals surface area contributed by atoms with E-state index in [-0.39, 0.29) is 17.7 Å². The number of carbonyl (C=O) groups is 2. The number of amides is 2. The number of benzene rings is 2. The quantitative estimate of drug-likeness (QED) is 0.716. The van der Waals surface area contributed by atoms with Crippen molar-refractivity contribution in [1.29, 1.82) is 0 Å². The smallest absolute Gasteiger partial charge is 0.242 e. The Bertz CT molecular complexity index is 768. The lowest BCUT2D eigenvalue weighted by atomic mass is 9.82. The molecule has 1 unspecified atom stereocenters. The fourth-order valence-corrected chi connectivity index (χ4v) is 3.97. The molecular formula is C25H32N2O2. The Balaban J connectivity index is 1.59. The Morgan fingerprint density at radius 3 is 2.10 bits per heavy atom. The van der Waals surface area contributed by atoms with Gasteiger partial charge in [0.15, 0.2) is 0 Å². The number of hydrogen-bond donors (Lipinski definition) is 2. The van der Waals surface area contributed by atoms with Crippen molar-refractivity contribution >= 4 is 11.8 Å². The average Bonchev–Trinajstić information content (AvgIpc) is 2.75. The molecule has 2 aromatic carbocycles. The molecule has 1 aliphatic carbocycles. The Kier molecular flexibility index (Phi) is 7.85. The van der Waals surface area contributed by atoms with Crippen LogP contribution in [0.15, 0.2) is 60.7 Å². The predicted octanol–water partition coefficient (Wildman–Crippen LogP) is 3.90. The lowest BCUT2D eigenvalue weighted by molar-refractivity contribution is -0.131. The summed E-state index contributed by atoms with van der Waals surface area (Å²) in [7, 11) is 0. The first-order valence-corrected chi connectivity index (χ1v) is 10.8.